The first-order valence-electron chi connectivity index (χ1n) is 5.80. The van der Waals surface area contributed by atoms with E-state index in [2.05, 4.69) is 21.1 Å². The molecule has 0 atom stereocenters. The third-order valence-electron chi connectivity index (χ3n) is 2.75. The zero-order chi connectivity index (χ0) is 13.4. The summed E-state index contributed by atoms with van der Waals surface area (Å²) >= 11 is 3.38. The van der Waals surface area contributed by atoms with E-state index in [1.54, 1.807) is 0 Å². The zero-order valence-electron chi connectivity index (χ0n) is 9.80. The smallest absolute Gasteiger partial charge is 0.358 e. The molecule has 1 N–H and O–H groups in total. The molecule has 1 aromatic heterocycles. The number of carboxylic acid groups (broad SMARTS) is 1. The summed E-state index contributed by atoms with van der Waals surface area (Å²) in [6.45, 7) is 0. The largest absolute Gasteiger partial charge is 0.490 e. The SMILES string of the molecule is O=C(O)c1cc(-c2cc(Br)ccc2OC2CC2)on1. The molecule has 6 heteroatoms. The highest BCUT2D eigenvalue weighted by Gasteiger charge is 2.25. The van der Waals surface area contributed by atoms with E-state index < -0.39 is 5.97 Å². The van der Waals surface area contributed by atoms with Crippen LogP contribution in [0.4, 0.5) is 0 Å². The van der Waals surface area contributed by atoms with Crippen LogP contribution in [-0.4, -0.2) is 22.3 Å². The molecule has 0 radical (unpaired) electrons. The van der Waals surface area contributed by atoms with Gasteiger partial charge in [0.05, 0.1) is 11.7 Å². The average Bonchev–Trinajstić information content (AvgIpc) is 3.05. The van der Waals surface area contributed by atoms with Gasteiger partial charge in [-0.3, -0.25) is 0 Å². The highest BCUT2D eigenvalue weighted by Crippen LogP contribution is 2.36. The van der Waals surface area contributed by atoms with Crippen LogP contribution < -0.4 is 4.74 Å². The van der Waals surface area contributed by atoms with Crippen molar-refractivity contribution >= 4 is 21.9 Å². The summed E-state index contributed by atoms with van der Waals surface area (Å²) < 4.78 is 11.7. The van der Waals surface area contributed by atoms with Crippen LogP contribution in [0.3, 0.4) is 0 Å². The molecule has 0 aliphatic heterocycles. The maximum absolute atomic E-state index is 10.8. The van der Waals surface area contributed by atoms with Gasteiger partial charge in [-0.1, -0.05) is 21.1 Å². The van der Waals surface area contributed by atoms with Crippen molar-refractivity contribution in [2.45, 2.75) is 18.9 Å². The number of aromatic carboxylic acids is 1. The number of benzene rings is 1. The van der Waals surface area contributed by atoms with E-state index >= 15 is 0 Å². The molecule has 1 aliphatic rings. The summed E-state index contributed by atoms with van der Waals surface area (Å²) in [5.74, 6) is -0.0530. The van der Waals surface area contributed by atoms with E-state index in [1.807, 2.05) is 18.2 Å². The van der Waals surface area contributed by atoms with Gasteiger partial charge < -0.3 is 14.4 Å². The molecule has 2 aromatic rings. The summed E-state index contributed by atoms with van der Waals surface area (Å²) in [6, 6.07) is 6.92. The Balaban J connectivity index is 2.00. The minimum absolute atomic E-state index is 0.118. The Morgan fingerprint density at radius 3 is 2.84 bits per heavy atom. The number of rotatable bonds is 4. The van der Waals surface area contributed by atoms with Crippen molar-refractivity contribution < 1.29 is 19.2 Å². The second-order valence-electron chi connectivity index (χ2n) is 4.34. The molecule has 1 saturated carbocycles. The van der Waals surface area contributed by atoms with Gasteiger partial charge in [-0.2, -0.15) is 0 Å². The van der Waals surface area contributed by atoms with Crippen LogP contribution in [0.2, 0.25) is 0 Å². The second-order valence-corrected chi connectivity index (χ2v) is 5.25. The number of carboxylic acids is 1. The Kier molecular flexibility index (Phi) is 3.02. The summed E-state index contributed by atoms with van der Waals surface area (Å²) in [7, 11) is 0. The maximum atomic E-state index is 10.8. The predicted octanol–water partition coefficient (Wildman–Crippen LogP) is 3.34. The topological polar surface area (TPSA) is 72.6 Å². The number of carbonyl (C=O) groups is 1. The van der Waals surface area contributed by atoms with Crippen LogP contribution in [0.15, 0.2) is 33.3 Å². The summed E-state index contributed by atoms with van der Waals surface area (Å²) in [4.78, 5) is 10.8. The van der Waals surface area contributed by atoms with Crippen molar-refractivity contribution in [1.82, 2.24) is 5.16 Å². The van der Waals surface area contributed by atoms with Crippen LogP contribution >= 0.6 is 15.9 Å². The van der Waals surface area contributed by atoms with Gasteiger partial charge in [0.1, 0.15) is 5.75 Å². The molecule has 0 spiro atoms. The van der Waals surface area contributed by atoms with Gasteiger partial charge in [-0.15, -0.1) is 0 Å². The maximum Gasteiger partial charge on any atom is 0.358 e. The molecule has 3 rings (SSSR count). The van der Waals surface area contributed by atoms with E-state index in [-0.39, 0.29) is 11.8 Å². The van der Waals surface area contributed by atoms with Gasteiger partial charge in [-0.05, 0) is 31.0 Å². The number of nitrogens with zero attached hydrogens (tertiary/aromatic N) is 1. The molecule has 0 saturated heterocycles. The van der Waals surface area contributed by atoms with Gasteiger partial charge in [0, 0.05) is 10.5 Å². The molecular formula is C13H10BrNO4. The Labute approximate surface area is 117 Å². The van der Waals surface area contributed by atoms with Crippen LogP contribution in [-0.2, 0) is 0 Å². The van der Waals surface area contributed by atoms with E-state index in [0.717, 1.165) is 17.3 Å². The molecular weight excluding hydrogens is 314 g/mol. The van der Waals surface area contributed by atoms with E-state index in [4.69, 9.17) is 14.4 Å². The lowest BCUT2D eigenvalue weighted by Gasteiger charge is -2.08. The zero-order valence-corrected chi connectivity index (χ0v) is 11.4. The van der Waals surface area contributed by atoms with Gasteiger partial charge >= 0.3 is 5.97 Å². The highest BCUT2D eigenvalue weighted by atomic mass is 79.9. The lowest BCUT2D eigenvalue weighted by atomic mass is 10.1. The predicted molar refractivity (Wildman–Crippen MR) is 70.2 cm³/mol. The minimum atomic E-state index is -1.12. The quantitative estimate of drug-likeness (QED) is 0.934. The third kappa shape index (κ3) is 2.63. The van der Waals surface area contributed by atoms with E-state index in [0.29, 0.717) is 17.1 Å². The van der Waals surface area contributed by atoms with Crippen molar-refractivity contribution in [2.24, 2.45) is 0 Å². The fourth-order valence-corrected chi connectivity index (χ4v) is 2.03. The minimum Gasteiger partial charge on any atom is -0.490 e. The van der Waals surface area contributed by atoms with Crippen LogP contribution in [0.1, 0.15) is 23.3 Å². The molecule has 1 aliphatic carbocycles. The number of aromatic nitrogens is 1. The number of hydrogen-bond acceptors (Lipinski definition) is 4. The van der Waals surface area contributed by atoms with Crippen molar-refractivity contribution in [2.75, 3.05) is 0 Å². The third-order valence-corrected chi connectivity index (χ3v) is 3.25. The summed E-state index contributed by atoms with van der Waals surface area (Å²) in [5.41, 5.74) is 0.577. The van der Waals surface area contributed by atoms with Gasteiger partial charge in [-0.25, -0.2) is 4.79 Å². The summed E-state index contributed by atoms with van der Waals surface area (Å²) in [5, 5.41) is 12.4. The molecule has 0 unspecified atom stereocenters. The van der Waals surface area contributed by atoms with Gasteiger partial charge in [0.25, 0.3) is 0 Å². The van der Waals surface area contributed by atoms with Crippen molar-refractivity contribution in [3.63, 3.8) is 0 Å². The van der Waals surface area contributed by atoms with Gasteiger partial charge in [0.15, 0.2) is 11.5 Å². The Hall–Kier alpha value is -1.82. The number of hydrogen-bond donors (Lipinski definition) is 1. The molecule has 1 heterocycles. The first kappa shape index (κ1) is 12.2. The molecule has 19 heavy (non-hydrogen) atoms. The molecule has 1 fully saturated rings. The molecule has 0 bridgehead atoms. The van der Waals surface area contributed by atoms with E-state index in [9.17, 15) is 4.79 Å². The Morgan fingerprint density at radius 1 is 1.42 bits per heavy atom. The fraction of sp³-hybridized carbons (Fsp3) is 0.231. The number of ether oxygens (including phenoxy) is 1. The molecule has 5 nitrogen and oxygen atoms in total. The lowest BCUT2D eigenvalue weighted by molar-refractivity contribution is 0.0686. The first-order valence-corrected chi connectivity index (χ1v) is 6.59. The molecule has 1 aromatic carbocycles. The highest BCUT2D eigenvalue weighted by molar-refractivity contribution is 9.10. The van der Waals surface area contributed by atoms with Crippen molar-refractivity contribution in [1.29, 1.82) is 0 Å². The molecule has 98 valence electrons. The van der Waals surface area contributed by atoms with E-state index in [1.165, 1.54) is 6.07 Å². The fourth-order valence-electron chi connectivity index (χ4n) is 1.67. The lowest BCUT2D eigenvalue weighted by Crippen LogP contribution is -1.97. The van der Waals surface area contributed by atoms with Crippen LogP contribution in [0.5, 0.6) is 5.75 Å². The normalized spacial score (nSPS) is 14.4. The van der Waals surface area contributed by atoms with Crippen LogP contribution in [0, 0.1) is 0 Å². The monoisotopic (exact) mass is 323 g/mol. The number of halogens is 1. The molecule has 0 amide bonds. The van der Waals surface area contributed by atoms with Crippen molar-refractivity contribution in [3.8, 4) is 17.1 Å². The van der Waals surface area contributed by atoms with Crippen LogP contribution in [0.25, 0.3) is 11.3 Å². The standard InChI is InChI=1S/C13H10BrNO4/c14-7-1-4-11(18-8-2-3-8)9(5-7)12-6-10(13(16)17)15-19-12/h1,4-6,8H,2-3H2,(H,16,17). The average molecular weight is 324 g/mol. The van der Waals surface area contributed by atoms with Crippen molar-refractivity contribution in [3.05, 3.63) is 34.4 Å². The Morgan fingerprint density at radius 2 is 2.21 bits per heavy atom. The first-order chi connectivity index (χ1) is 9.13. The summed E-state index contributed by atoms with van der Waals surface area (Å²) in [6.07, 6.45) is 2.35. The van der Waals surface area contributed by atoms with Gasteiger partial charge in [0.2, 0.25) is 0 Å². The Bertz CT molecular complexity index is 633. The second kappa shape index (κ2) is 4.70.